The number of esters is 1. The standard InChI is InChI=1S/C26H28BrNO4S/c1-6-31-26(30)24-20(18-9-7-16(4)8-10-18)14-33-25(24)28-23(29)13-32-22-11-17(5)21(27)12-19(22)15(2)3/h7-12,14-15H,6,13H2,1-5H3,(H,28,29). The first-order valence-electron chi connectivity index (χ1n) is 10.8. The van der Waals surface area contributed by atoms with Gasteiger partial charge >= 0.3 is 5.97 Å². The molecule has 0 aliphatic carbocycles. The van der Waals surface area contributed by atoms with E-state index in [2.05, 4.69) is 35.1 Å². The minimum absolute atomic E-state index is 0.166. The van der Waals surface area contributed by atoms with Crippen LogP contribution < -0.4 is 10.1 Å². The molecule has 0 aliphatic heterocycles. The van der Waals surface area contributed by atoms with Gasteiger partial charge < -0.3 is 14.8 Å². The molecule has 0 atom stereocenters. The molecule has 1 heterocycles. The highest BCUT2D eigenvalue weighted by atomic mass is 79.9. The Morgan fingerprint density at radius 1 is 1.12 bits per heavy atom. The first-order valence-corrected chi connectivity index (χ1v) is 12.5. The number of carbonyl (C=O) groups is 2. The molecule has 5 nitrogen and oxygen atoms in total. The molecule has 1 N–H and O–H groups in total. The van der Waals surface area contributed by atoms with Gasteiger partial charge in [0.1, 0.15) is 16.3 Å². The van der Waals surface area contributed by atoms with E-state index in [1.807, 2.05) is 55.6 Å². The predicted molar refractivity (Wildman–Crippen MR) is 138 cm³/mol. The van der Waals surface area contributed by atoms with Crippen LogP contribution in [0.4, 0.5) is 5.00 Å². The quantitative estimate of drug-likeness (QED) is 0.315. The van der Waals surface area contributed by atoms with Crippen molar-refractivity contribution in [1.29, 1.82) is 0 Å². The largest absolute Gasteiger partial charge is 0.483 e. The summed E-state index contributed by atoms with van der Waals surface area (Å²) < 4.78 is 12.2. The Morgan fingerprint density at radius 2 is 1.82 bits per heavy atom. The molecule has 0 unspecified atom stereocenters. The lowest BCUT2D eigenvalue weighted by molar-refractivity contribution is -0.118. The van der Waals surface area contributed by atoms with E-state index < -0.39 is 5.97 Å². The summed E-state index contributed by atoms with van der Waals surface area (Å²) in [6, 6.07) is 11.8. The Kier molecular flexibility index (Phi) is 8.32. The van der Waals surface area contributed by atoms with Gasteiger partial charge in [0.2, 0.25) is 0 Å². The average molecular weight is 530 g/mol. The number of thiophene rings is 1. The van der Waals surface area contributed by atoms with Gasteiger partial charge in [-0.2, -0.15) is 0 Å². The third-order valence-corrected chi connectivity index (χ3v) is 6.91. The maximum Gasteiger partial charge on any atom is 0.341 e. The molecule has 1 amide bonds. The number of hydrogen-bond donors (Lipinski definition) is 1. The zero-order valence-corrected chi connectivity index (χ0v) is 21.9. The van der Waals surface area contributed by atoms with Crippen LogP contribution in [-0.2, 0) is 9.53 Å². The van der Waals surface area contributed by atoms with Crippen molar-refractivity contribution in [3.63, 3.8) is 0 Å². The Labute approximate surface area is 207 Å². The van der Waals surface area contributed by atoms with Crippen LogP contribution in [-0.4, -0.2) is 25.1 Å². The van der Waals surface area contributed by atoms with Gasteiger partial charge in [-0.3, -0.25) is 4.79 Å². The second-order valence-electron chi connectivity index (χ2n) is 8.07. The number of benzene rings is 2. The summed E-state index contributed by atoms with van der Waals surface area (Å²) in [6.07, 6.45) is 0. The van der Waals surface area contributed by atoms with Crippen molar-refractivity contribution in [2.75, 3.05) is 18.5 Å². The van der Waals surface area contributed by atoms with Crippen molar-refractivity contribution in [1.82, 2.24) is 0 Å². The highest BCUT2D eigenvalue weighted by Crippen LogP contribution is 2.37. The van der Waals surface area contributed by atoms with Crippen LogP contribution in [0, 0.1) is 13.8 Å². The summed E-state index contributed by atoms with van der Waals surface area (Å²) in [5, 5.41) is 5.16. The van der Waals surface area contributed by atoms with Gasteiger partial charge in [0.05, 0.1) is 6.61 Å². The highest BCUT2D eigenvalue weighted by Gasteiger charge is 2.23. The molecule has 0 aliphatic rings. The Morgan fingerprint density at radius 3 is 2.45 bits per heavy atom. The van der Waals surface area contributed by atoms with Crippen molar-refractivity contribution in [3.05, 3.63) is 68.5 Å². The maximum atomic E-state index is 12.8. The molecule has 0 bridgehead atoms. The fraction of sp³-hybridized carbons (Fsp3) is 0.308. The van der Waals surface area contributed by atoms with Gasteiger partial charge in [0, 0.05) is 15.4 Å². The second-order valence-corrected chi connectivity index (χ2v) is 9.80. The third-order valence-electron chi connectivity index (χ3n) is 5.16. The van der Waals surface area contributed by atoms with Crippen LogP contribution >= 0.6 is 27.3 Å². The Hall–Kier alpha value is -2.64. The van der Waals surface area contributed by atoms with Gasteiger partial charge in [-0.05, 0) is 55.5 Å². The van der Waals surface area contributed by atoms with Crippen LogP contribution in [0.1, 0.15) is 53.7 Å². The van der Waals surface area contributed by atoms with Gasteiger partial charge in [-0.15, -0.1) is 11.3 Å². The van der Waals surface area contributed by atoms with E-state index in [0.717, 1.165) is 32.3 Å². The van der Waals surface area contributed by atoms with Crippen LogP contribution in [0.25, 0.3) is 11.1 Å². The number of carbonyl (C=O) groups excluding carboxylic acids is 2. The molecule has 1 aromatic heterocycles. The molecule has 0 spiro atoms. The first-order chi connectivity index (χ1) is 15.7. The Bertz CT molecular complexity index is 1150. The van der Waals surface area contributed by atoms with Crippen LogP contribution in [0.15, 0.2) is 46.3 Å². The number of rotatable bonds is 8. The van der Waals surface area contributed by atoms with E-state index in [-0.39, 0.29) is 25.0 Å². The second kappa shape index (κ2) is 11.0. The maximum absolute atomic E-state index is 12.8. The number of amides is 1. The fourth-order valence-corrected chi connectivity index (χ4v) is 4.69. The van der Waals surface area contributed by atoms with Crippen LogP contribution in [0.2, 0.25) is 0 Å². The number of hydrogen-bond acceptors (Lipinski definition) is 5. The number of anilines is 1. The molecular weight excluding hydrogens is 502 g/mol. The van der Waals surface area contributed by atoms with E-state index in [1.54, 1.807) is 6.92 Å². The summed E-state index contributed by atoms with van der Waals surface area (Å²) in [5.41, 5.74) is 5.16. The van der Waals surface area contributed by atoms with Crippen molar-refractivity contribution in [3.8, 4) is 16.9 Å². The molecule has 7 heteroatoms. The van der Waals surface area contributed by atoms with Gasteiger partial charge in [0.25, 0.3) is 5.91 Å². The van der Waals surface area contributed by atoms with E-state index >= 15 is 0 Å². The van der Waals surface area contributed by atoms with Crippen LogP contribution in [0.5, 0.6) is 5.75 Å². The van der Waals surface area contributed by atoms with E-state index in [1.165, 1.54) is 11.3 Å². The molecule has 0 saturated carbocycles. The average Bonchev–Trinajstić information content (AvgIpc) is 3.18. The number of halogens is 1. The monoisotopic (exact) mass is 529 g/mol. The number of ether oxygens (including phenoxy) is 2. The summed E-state index contributed by atoms with van der Waals surface area (Å²) in [4.78, 5) is 25.5. The third kappa shape index (κ3) is 6.03. The molecule has 0 saturated heterocycles. The molecule has 0 radical (unpaired) electrons. The zero-order valence-electron chi connectivity index (χ0n) is 19.5. The van der Waals surface area contributed by atoms with Gasteiger partial charge in [0.15, 0.2) is 6.61 Å². The van der Waals surface area contributed by atoms with E-state index in [4.69, 9.17) is 9.47 Å². The SMILES string of the molecule is CCOC(=O)c1c(-c2ccc(C)cc2)csc1NC(=O)COc1cc(C)c(Br)cc1C(C)C. The summed E-state index contributed by atoms with van der Waals surface area (Å²) in [7, 11) is 0. The normalized spacial score (nSPS) is 10.9. The number of aryl methyl sites for hydroxylation is 2. The molecule has 2 aromatic carbocycles. The smallest absolute Gasteiger partial charge is 0.341 e. The van der Waals surface area contributed by atoms with Gasteiger partial charge in [-0.25, -0.2) is 4.79 Å². The van der Waals surface area contributed by atoms with Crippen molar-refractivity contribution in [2.45, 2.75) is 40.5 Å². The van der Waals surface area contributed by atoms with Crippen molar-refractivity contribution in [2.24, 2.45) is 0 Å². The lowest BCUT2D eigenvalue weighted by atomic mass is 10.0. The fourth-order valence-electron chi connectivity index (χ4n) is 3.35. The number of nitrogens with one attached hydrogen (secondary N) is 1. The molecule has 174 valence electrons. The highest BCUT2D eigenvalue weighted by molar-refractivity contribution is 9.10. The zero-order chi connectivity index (χ0) is 24.1. The topological polar surface area (TPSA) is 64.6 Å². The minimum Gasteiger partial charge on any atom is -0.483 e. The van der Waals surface area contributed by atoms with Crippen molar-refractivity contribution >= 4 is 44.1 Å². The first kappa shape index (κ1) is 25.0. The van der Waals surface area contributed by atoms with E-state index in [9.17, 15) is 9.59 Å². The Balaban J connectivity index is 1.82. The molecular formula is C26H28BrNO4S. The molecule has 0 fully saturated rings. The van der Waals surface area contributed by atoms with E-state index in [0.29, 0.717) is 16.3 Å². The van der Waals surface area contributed by atoms with Crippen LogP contribution in [0.3, 0.4) is 0 Å². The predicted octanol–water partition coefficient (Wildman–Crippen LogP) is 7.11. The van der Waals surface area contributed by atoms with Crippen molar-refractivity contribution < 1.29 is 19.1 Å². The molecule has 33 heavy (non-hydrogen) atoms. The summed E-state index contributed by atoms with van der Waals surface area (Å²) in [5.74, 6) is 0.118. The minimum atomic E-state index is -0.462. The van der Waals surface area contributed by atoms with Gasteiger partial charge in [-0.1, -0.05) is 59.6 Å². The summed E-state index contributed by atoms with van der Waals surface area (Å²) in [6.45, 7) is 9.98. The molecule has 3 aromatic rings. The summed E-state index contributed by atoms with van der Waals surface area (Å²) >= 11 is 4.85. The lowest BCUT2D eigenvalue weighted by Crippen LogP contribution is -2.21. The lowest BCUT2D eigenvalue weighted by Gasteiger charge is -2.16. The molecule has 3 rings (SSSR count).